The Morgan fingerprint density at radius 1 is 1.11 bits per heavy atom. The molecule has 1 aromatic carbocycles. The number of nitrogens with one attached hydrogen (secondary N) is 2. The molecule has 190 valence electrons. The number of hydrogen-bond acceptors (Lipinski definition) is 4. The van der Waals surface area contributed by atoms with Gasteiger partial charge in [0.05, 0.1) is 5.56 Å². The van der Waals surface area contributed by atoms with Crippen LogP contribution in [0.15, 0.2) is 48.8 Å². The highest BCUT2D eigenvalue weighted by molar-refractivity contribution is 6.00. The molecule has 4 rings (SSSR count). The van der Waals surface area contributed by atoms with Crippen molar-refractivity contribution in [3.8, 4) is 11.1 Å². The largest absolute Gasteiger partial charge is 0.618 e. The van der Waals surface area contributed by atoms with Crippen molar-refractivity contribution in [1.29, 1.82) is 0 Å². The van der Waals surface area contributed by atoms with Crippen molar-refractivity contribution >= 4 is 17.5 Å². The van der Waals surface area contributed by atoms with Crippen LogP contribution in [0.5, 0.6) is 0 Å². The Hall–Kier alpha value is -3.82. The Morgan fingerprint density at radius 2 is 1.81 bits per heavy atom. The van der Waals surface area contributed by atoms with Crippen LogP contribution in [0.2, 0.25) is 0 Å². The van der Waals surface area contributed by atoms with E-state index in [1.807, 2.05) is 0 Å². The van der Waals surface area contributed by atoms with Crippen LogP contribution in [0.3, 0.4) is 0 Å². The maximum Gasteiger partial charge on any atom is 0.322 e. The molecule has 2 aromatic heterocycles. The van der Waals surface area contributed by atoms with Gasteiger partial charge in [-0.05, 0) is 55.0 Å². The molecule has 2 heterocycles. The van der Waals surface area contributed by atoms with Crippen LogP contribution in [0, 0.1) is 18.0 Å². The first-order valence-corrected chi connectivity index (χ1v) is 12.0. The lowest BCUT2D eigenvalue weighted by Gasteiger charge is -2.30. The monoisotopic (exact) mass is 497 g/mol. The van der Waals surface area contributed by atoms with Gasteiger partial charge in [0.15, 0.2) is 6.20 Å². The summed E-state index contributed by atoms with van der Waals surface area (Å²) in [6.45, 7) is 1.66. The molecule has 8 nitrogen and oxygen atoms in total. The van der Waals surface area contributed by atoms with Gasteiger partial charge >= 0.3 is 6.43 Å². The molecule has 36 heavy (non-hydrogen) atoms. The molecule has 1 aliphatic carbocycles. The van der Waals surface area contributed by atoms with E-state index in [-0.39, 0.29) is 28.0 Å². The number of pyridine rings is 1. The first-order chi connectivity index (χ1) is 17.3. The van der Waals surface area contributed by atoms with Crippen LogP contribution in [0.1, 0.15) is 60.3 Å². The zero-order chi connectivity index (χ0) is 25.8. The van der Waals surface area contributed by atoms with E-state index in [2.05, 4.69) is 15.7 Å². The number of amides is 2. The number of halogens is 2. The van der Waals surface area contributed by atoms with Gasteiger partial charge in [-0.15, -0.1) is 0 Å². The van der Waals surface area contributed by atoms with Gasteiger partial charge in [-0.25, -0.2) is 0 Å². The van der Waals surface area contributed by atoms with Crippen molar-refractivity contribution in [2.75, 3.05) is 5.32 Å². The zero-order valence-corrected chi connectivity index (χ0v) is 20.2. The lowest BCUT2D eigenvalue weighted by atomic mass is 9.83. The summed E-state index contributed by atoms with van der Waals surface area (Å²) >= 11 is 0. The van der Waals surface area contributed by atoms with Crippen LogP contribution in [-0.2, 0) is 11.8 Å². The van der Waals surface area contributed by atoms with Gasteiger partial charge in [0.2, 0.25) is 5.91 Å². The SMILES string of the molecule is Cc1cc[n+]([O-])c(C(F)F)c1-c1ccc(NC(=O)[C@@H](NC(=O)c2ccnn2C)C2CCCCC2)cc1. The fraction of sp³-hybridized carbons (Fsp3) is 0.385. The highest BCUT2D eigenvalue weighted by Crippen LogP contribution is 2.32. The van der Waals surface area contributed by atoms with Gasteiger partial charge in [-0.2, -0.15) is 18.6 Å². The first-order valence-electron chi connectivity index (χ1n) is 12.0. The van der Waals surface area contributed by atoms with Crippen LogP contribution >= 0.6 is 0 Å². The van der Waals surface area contributed by atoms with Crippen molar-refractivity contribution in [2.45, 2.75) is 51.5 Å². The smallest absolute Gasteiger partial charge is 0.322 e. The number of carbonyl (C=O) groups excluding carboxylic acids is 2. The number of nitrogens with zero attached hydrogens (tertiary/aromatic N) is 3. The van der Waals surface area contributed by atoms with E-state index in [1.165, 1.54) is 16.9 Å². The molecule has 0 radical (unpaired) electrons. The Morgan fingerprint density at radius 3 is 2.42 bits per heavy atom. The fourth-order valence-electron chi connectivity index (χ4n) is 4.85. The van der Waals surface area contributed by atoms with Gasteiger partial charge in [-0.3, -0.25) is 14.3 Å². The third kappa shape index (κ3) is 5.37. The quantitative estimate of drug-likeness (QED) is 0.376. The van der Waals surface area contributed by atoms with E-state index in [9.17, 15) is 23.6 Å². The number of benzene rings is 1. The van der Waals surface area contributed by atoms with Crippen LogP contribution < -0.4 is 15.4 Å². The zero-order valence-electron chi connectivity index (χ0n) is 20.2. The van der Waals surface area contributed by atoms with Crippen molar-refractivity contribution in [2.24, 2.45) is 13.0 Å². The molecule has 1 aliphatic rings. The van der Waals surface area contributed by atoms with Gasteiger partial charge in [0.1, 0.15) is 11.7 Å². The van der Waals surface area contributed by atoms with Gasteiger partial charge in [0.25, 0.3) is 11.6 Å². The highest BCUT2D eigenvalue weighted by atomic mass is 19.3. The Kier molecular flexibility index (Phi) is 7.61. The maximum atomic E-state index is 13.6. The van der Waals surface area contributed by atoms with Gasteiger partial charge in [-0.1, -0.05) is 31.4 Å². The predicted octanol–water partition coefficient (Wildman–Crippen LogP) is 4.28. The summed E-state index contributed by atoms with van der Waals surface area (Å²) in [5, 5.41) is 21.7. The highest BCUT2D eigenvalue weighted by Gasteiger charge is 2.32. The number of rotatable bonds is 7. The minimum atomic E-state index is -2.93. The maximum absolute atomic E-state index is 13.6. The molecule has 0 saturated heterocycles. The number of anilines is 1. The summed E-state index contributed by atoms with van der Waals surface area (Å²) in [7, 11) is 1.66. The van der Waals surface area contributed by atoms with E-state index in [0.29, 0.717) is 22.5 Å². The van der Waals surface area contributed by atoms with Crippen LogP contribution in [-0.4, -0.2) is 27.6 Å². The molecule has 1 atom stereocenters. The number of hydrogen-bond donors (Lipinski definition) is 2. The van der Waals surface area contributed by atoms with Crippen LogP contribution in [0.4, 0.5) is 14.5 Å². The molecule has 0 bridgehead atoms. The predicted molar refractivity (Wildman–Crippen MR) is 130 cm³/mol. The summed E-state index contributed by atoms with van der Waals surface area (Å²) in [6.07, 6.45) is 4.42. The van der Waals surface area contributed by atoms with Gasteiger partial charge in [0, 0.05) is 25.0 Å². The summed E-state index contributed by atoms with van der Waals surface area (Å²) in [6, 6.07) is 8.74. The second-order valence-corrected chi connectivity index (χ2v) is 9.14. The third-order valence-electron chi connectivity index (χ3n) is 6.74. The topological polar surface area (TPSA) is 103 Å². The molecule has 2 amide bonds. The van der Waals surface area contributed by atoms with E-state index in [0.717, 1.165) is 38.3 Å². The van der Waals surface area contributed by atoms with Crippen molar-refractivity contribution in [3.05, 3.63) is 71.0 Å². The summed E-state index contributed by atoms with van der Waals surface area (Å²) in [4.78, 5) is 26.2. The molecule has 0 spiro atoms. The Labute approximate surface area is 207 Å². The normalized spacial score (nSPS) is 15.0. The summed E-state index contributed by atoms with van der Waals surface area (Å²) in [5.41, 5.74) is 1.37. The van der Waals surface area contributed by atoms with E-state index >= 15 is 0 Å². The second-order valence-electron chi connectivity index (χ2n) is 9.14. The molecule has 2 N–H and O–H groups in total. The molecule has 0 aliphatic heterocycles. The lowest BCUT2D eigenvalue weighted by molar-refractivity contribution is -0.619. The van der Waals surface area contributed by atoms with E-state index < -0.39 is 18.2 Å². The minimum Gasteiger partial charge on any atom is -0.618 e. The van der Waals surface area contributed by atoms with E-state index in [1.54, 1.807) is 44.3 Å². The second kappa shape index (κ2) is 10.8. The van der Waals surface area contributed by atoms with Gasteiger partial charge < -0.3 is 15.8 Å². The molecular formula is C26H29F2N5O3. The van der Waals surface area contributed by atoms with Crippen molar-refractivity contribution in [3.63, 3.8) is 0 Å². The standard InChI is InChI=1S/C26H29F2N5O3/c1-16-13-15-33(36)23(24(27)28)21(16)17-8-10-19(11-9-17)30-26(35)22(18-6-4-3-5-7-18)31-25(34)20-12-14-29-32(20)2/h8-15,18,22,24H,3-7H2,1-2H3,(H,30,35)(H,31,34)/t22-/m0/s1. The third-order valence-corrected chi connectivity index (χ3v) is 6.74. The molecule has 3 aromatic rings. The van der Waals surface area contributed by atoms with Crippen LogP contribution in [0.25, 0.3) is 11.1 Å². The van der Waals surface area contributed by atoms with E-state index in [4.69, 9.17) is 0 Å². The molecule has 1 fully saturated rings. The first kappa shape index (κ1) is 25.3. The Bertz CT molecular complexity index is 1240. The average Bonchev–Trinajstić information content (AvgIpc) is 3.30. The average molecular weight is 498 g/mol. The number of aromatic nitrogens is 3. The molecule has 0 unspecified atom stereocenters. The molecule has 1 saturated carbocycles. The minimum absolute atomic E-state index is 0.00303. The lowest BCUT2D eigenvalue weighted by Crippen LogP contribution is -2.49. The fourth-order valence-corrected chi connectivity index (χ4v) is 4.85. The Balaban J connectivity index is 1.55. The summed E-state index contributed by atoms with van der Waals surface area (Å²) in [5.74, 6) is -0.712. The number of alkyl halides is 2. The number of aryl methyl sites for hydroxylation is 2. The van der Waals surface area contributed by atoms with Crippen molar-refractivity contribution < 1.29 is 23.1 Å². The van der Waals surface area contributed by atoms with Crippen molar-refractivity contribution in [1.82, 2.24) is 15.1 Å². The summed E-state index contributed by atoms with van der Waals surface area (Å²) < 4.78 is 28.8. The molecule has 10 heteroatoms. The molecular weight excluding hydrogens is 468 g/mol. The number of carbonyl (C=O) groups is 2.